The van der Waals surface area contributed by atoms with Gasteiger partial charge in [0.15, 0.2) is 0 Å². The summed E-state index contributed by atoms with van der Waals surface area (Å²) in [6.07, 6.45) is -0.0943. The molecule has 1 aromatic carbocycles. The number of rotatable bonds is 5. The van der Waals surface area contributed by atoms with Crippen LogP contribution in [0.1, 0.15) is 41.8 Å². The molecule has 1 aliphatic heterocycles. The molecule has 5 heteroatoms. The van der Waals surface area contributed by atoms with E-state index in [-0.39, 0.29) is 30.8 Å². The Morgan fingerprint density at radius 3 is 2.52 bits per heavy atom. The Kier molecular flexibility index (Phi) is 5.40. The van der Waals surface area contributed by atoms with Gasteiger partial charge in [0.05, 0.1) is 6.54 Å². The lowest BCUT2D eigenvalue weighted by Crippen LogP contribution is -2.46. The molecule has 0 radical (unpaired) electrons. The van der Waals surface area contributed by atoms with Crippen LogP contribution in [-0.2, 0) is 0 Å². The van der Waals surface area contributed by atoms with Crippen molar-refractivity contribution in [3.05, 3.63) is 34.9 Å². The molecule has 0 spiro atoms. The maximum Gasteiger partial charge on any atom is 0.261 e. The molecule has 1 N–H and O–H groups in total. The van der Waals surface area contributed by atoms with Crippen LogP contribution < -0.4 is 5.32 Å². The first-order valence-corrected chi connectivity index (χ1v) is 8.16. The molecule has 1 atom stereocenters. The highest BCUT2D eigenvalue weighted by atomic mass is 19.3. The van der Waals surface area contributed by atoms with E-state index in [4.69, 9.17) is 0 Å². The van der Waals surface area contributed by atoms with Crippen LogP contribution in [-0.4, -0.2) is 42.4 Å². The van der Waals surface area contributed by atoms with E-state index in [1.807, 2.05) is 39.8 Å². The van der Waals surface area contributed by atoms with Crippen LogP contribution >= 0.6 is 0 Å². The Hall–Kier alpha value is -1.49. The topological polar surface area (TPSA) is 32.3 Å². The maximum atomic E-state index is 13.3. The third-order valence-electron chi connectivity index (χ3n) is 4.59. The number of nitrogens with one attached hydrogen (secondary N) is 1. The number of aryl methyl sites for hydroxylation is 2. The Bertz CT molecular complexity index is 572. The summed E-state index contributed by atoms with van der Waals surface area (Å²) >= 11 is 0. The number of hydrogen-bond donors (Lipinski definition) is 1. The average molecular weight is 324 g/mol. The van der Waals surface area contributed by atoms with Crippen LogP contribution in [0.3, 0.4) is 0 Å². The number of nitrogens with zero attached hydrogens (tertiary/aromatic N) is 1. The van der Waals surface area contributed by atoms with Gasteiger partial charge in [-0.25, -0.2) is 8.78 Å². The molecule has 1 saturated heterocycles. The summed E-state index contributed by atoms with van der Waals surface area (Å²) in [6, 6.07) is 5.46. The van der Waals surface area contributed by atoms with Gasteiger partial charge >= 0.3 is 0 Å². The van der Waals surface area contributed by atoms with Crippen LogP contribution in [0.5, 0.6) is 0 Å². The third kappa shape index (κ3) is 4.74. The zero-order valence-corrected chi connectivity index (χ0v) is 14.3. The monoisotopic (exact) mass is 324 g/mol. The minimum absolute atomic E-state index is 0.0943. The van der Waals surface area contributed by atoms with Crippen molar-refractivity contribution in [1.29, 1.82) is 0 Å². The van der Waals surface area contributed by atoms with Crippen molar-refractivity contribution in [2.75, 3.05) is 19.6 Å². The van der Waals surface area contributed by atoms with Crippen LogP contribution in [0.4, 0.5) is 8.78 Å². The predicted molar refractivity (Wildman–Crippen MR) is 88.0 cm³/mol. The van der Waals surface area contributed by atoms with Crippen molar-refractivity contribution in [2.24, 2.45) is 5.92 Å². The first-order chi connectivity index (χ1) is 10.7. The highest BCUT2D eigenvalue weighted by Crippen LogP contribution is 2.27. The van der Waals surface area contributed by atoms with Gasteiger partial charge in [-0.05, 0) is 43.0 Å². The molecular weight excluding hydrogens is 298 g/mol. The summed E-state index contributed by atoms with van der Waals surface area (Å²) < 4.78 is 26.7. The predicted octanol–water partition coefficient (Wildman–Crippen LogP) is 3.40. The highest BCUT2D eigenvalue weighted by Gasteiger charge is 2.39. The summed E-state index contributed by atoms with van der Waals surface area (Å²) in [7, 11) is 0. The van der Waals surface area contributed by atoms with Gasteiger partial charge in [-0.1, -0.05) is 19.9 Å². The number of halogens is 2. The minimum Gasteiger partial charge on any atom is -0.348 e. The fourth-order valence-corrected chi connectivity index (χ4v) is 2.80. The van der Waals surface area contributed by atoms with Gasteiger partial charge in [-0.15, -0.1) is 0 Å². The van der Waals surface area contributed by atoms with E-state index in [0.717, 1.165) is 11.1 Å². The van der Waals surface area contributed by atoms with Crippen LogP contribution in [0.2, 0.25) is 0 Å². The summed E-state index contributed by atoms with van der Waals surface area (Å²) in [5, 5.41) is 3.01. The largest absolute Gasteiger partial charge is 0.348 e. The van der Waals surface area contributed by atoms with Crippen molar-refractivity contribution >= 4 is 5.91 Å². The summed E-state index contributed by atoms with van der Waals surface area (Å²) in [5.41, 5.74) is 2.82. The normalized spacial score (nSPS) is 19.1. The molecule has 0 aliphatic carbocycles. The van der Waals surface area contributed by atoms with Gasteiger partial charge in [-0.2, -0.15) is 0 Å². The highest BCUT2D eigenvalue weighted by molar-refractivity contribution is 5.94. The molecule has 0 bridgehead atoms. The molecule has 2 rings (SSSR count). The first kappa shape index (κ1) is 17.9. The van der Waals surface area contributed by atoms with Gasteiger partial charge in [0.1, 0.15) is 0 Å². The molecule has 1 heterocycles. The van der Waals surface area contributed by atoms with E-state index in [9.17, 15) is 13.6 Å². The Morgan fingerprint density at radius 1 is 1.30 bits per heavy atom. The van der Waals surface area contributed by atoms with E-state index in [0.29, 0.717) is 18.7 Å². The van der Waals surface area contributed by atoms with E-state index in [2.05, 4.69) is 5.32 Å². The van der Waals surface area contributed by atoms with Gasteiger partial charge in [0.2, 0.25) is 0 Å². The molecule has 1 amide bonds. The molecule has 0 aromatic heterocycles. The van der Waals surface area contributed by atoms with E-state index < -0.39 is 5.92 Å². The van der Waals surface area contributed by atoms with Gasteiger partial charge in [0.25, 0.3) is 11.8 Å². The van der Waals surface area contributed by atoms with Crippen molar-refractivity contribution in [3.8, 4) is 0 Å². The van der Waals surface area contributed by atoms with Gasteiger partial charge in [0, 0.05) is 31.1 Å². The fraction of sp³-hybridized carbons (Fsp3) is 0.611. The van der Waals surface area contributed by atoms with Gasteiger partial charge < -0.3 is 5.32 Å². The molecule has 1 aliphatic rings. The molecule has 1 unspecified atom stereocenters. The van der Waals surface area contributed by atoms with E-state index >= 15 is 0 Å². The van der Waals surface area contributed by atoms with Crippen molar-refractivity contribution in [3.63, 3.8) is 0 Å². The quantitative estimate of drug-likeness (QED) is 0.900. The molecule has 1 aromatic rings. The van der Waals surface area contributed by atoms with Crippen molar-refractivity contribution < 1.29 is 13.6 Å². The van der Waals surface area contributed by atoms with Crippen molar-refractivity contribution in [1.82, 2.24) is 10.2 Å². The minimum atomic E-state index is -2.60. The van der Waals surface area contributed by atoms with Crippen molar-refractivity contribution in [2.45, 2.75) is 46.1 Å². The third-order valence-corrected chi connectivity index (χ3v) is 4.59. The number of amides is 1. The molecule has 3 nitrogen and oxygen atoms in total. The lowest BCUT2D eigenvalue weighted by molar-refractivity contribution is 0.0110. The second-order valence-corrected chi connectivity index (χ2v) is 6.96. The van der Waals surface area contributed by atoms with Crippen LogP contribution in [0.25, 0.3) is 0 Å². The smallest absolute Gasteiger partial charge is 0.261 e. The van der Waals surface area contributed by atoms with Gasteiger partial charge in [-0.3, -0.25) is 9.69 Å². The second kappa shape index (κ2) is 6.95. The molecular formula is C18H26F2N2O. The zero-order chi connectivity index (χ0) is 17.2. The number of benzene rings is 1. The lowest BCUT2D eigenvalue weighted by Gasteiger charge is -2.27. The Balaban J connectivity index is 2.01. The fourth-order valence-electron chi connectivity index (χ4n) is 2.80. The molecule has 0 saturated carbocycles. The molecule has 128 valence electrons. The van der Waals surface area contributed by atoms with Crippen LogP contribution in [0.15, 0.2) is 18.2 Å². The number of alkyl halides is 2. The maximum absolute atomic E-state index is 13.3. The number of carbonyl (C=O) groups is 1. The lowest BCUT2D eigenvalue weighted by atomic mass is 10.0. The average Bonchev–Trinajstić information content (AvgIpc) is 2.80. The number of hydrogen-bond acceptors (Lipinski definition) is 2. The SMILES string of the molecule is Cc1ccc(C(=O)NC(CN2CCC(F)(F)C2)C(C)C)cc1C. The number of likely N-dealkylation sites (tertiary alicyclic amines) is 1. The second-order valence-electron chi connectivity index (χ2n) is 6.96. The summed E-state index contributed by atoms with van der Waals surface area (Å²) in [5.74, 6) is -2.56. The van der Waals surface area contributed by atoms with E-state index in [1.54, 1.807) is 11.0 Å². The zero-order valence-electron chi connectivity index (χ0n) is 14.3. The molecule has 1 fully saturated rings. The Morgan fingerprint density at radius 2 is 2.00 bits per heavy atom. The number of carbonyl (C=O) groups excluding carboxylic acids is 1. The first-order valence-electron chi connectivity index (χ1n) is 8.16. The Labute approximate surface area is 137 Å². The van der Waals surface area contributed by atoms with Crippen LogP contribution in [0, 0.1) is 19.8 Å². The van der Waals surface area contributed by atoms with E-state index in [1.165, 1.54) is 0 Å². The summed E-state index contributed by atoms with van der Waals surface area (Å²) in [4.78, 5) is 14.2. The standard InChI is InChI=1S/C18H26F2N2O/c1-12(2)16(10-22-8-7-18(19,20)11-22)21-17(23)15-6-5-13(3)14(4)9-15/h5-6,9,12,16H,7-8,10-11H2,1-4H3,(H,21,23). The summed E-state index contributed by atoms with van der Waals surface area (Å²) in [6.45, 7) is 8.61. The molecule has 23 heavy (non-hydrogen) atoms.